The van der Waals surface area contributed by atoms with Gasteiger partial charge < -0.3 is 19.5 Å². The summed E-state index contributed by atoms with van der Waals surface area (Å²) in [7, 11) is 4.29. The summed E-state index contributed by atoms with van der Waals surface area (Å²) < 4.78 is 15.3. The Morgan fingerprint density at radius 2 is 1.91 bits per heavy atom. The number of ether oxygens (including phenoxy) is 3. The second-order valence-electron chi connectivity index (χ2n) is 5.45. The summed E-state index contributed by atoms with van der Waals surface area (Å²) in [5, 5.41) is 2.80. The van der Waals surface area contributed by atoms with Crippen LogP contribution >= 0.6 is 0 Å². The summed E-state index contributed by atoms with van der Waals surface area (Å²) in [6, 6.07) is 4.82. The molecule has 0 heterocycles. The number of rotatable bonds is 6. The fourth-order valence-electron chi connectivity index (χ4n) is 2.39. The number of carbonyl (C=O) groups excluding carboxylic acids is 2. The molecule has 1 fully saturated rings. The molecular weight excluding hydrogens is 286 g/mol. The highest BCUT2D eigenvalue weighted by molar-refractivity contribution is 5.99. The molecular formula is C16H21NO5. The molecule has 1 N–H and O–H groups in total. The molecule has 0 spiro atoms. The lowest BCUT2D eigenvalue weighted by Gasteiger charge is -2.26. The molecule has 0 bridgehead atoms. The van der Waals surface area contributed by atoms with Crippen LogP contribution in [0.4, 0.5) is 5.69 Å². The van der Waals surface area contributed by atoms with Crippen LogP contribution in [0.3, 0.4) is 0 Å². The van der Waals surface area contributed by atoms with Gasteiger partial charge in [0.2, 0.25) is 0 Å². The zero-order valence-electron chi connectivity index (χ0n) is 13.3. The molecule has 1 amide bonds. The first kappa shape index (κ1) is 16.3. The van der Waals surface area contributed by atoms with E-state index in [4.69, 9.17) is 14.2 Å². The smallest absolute Gasteiger partial charge is 0.341 e. The van der Waals surface area contributed by atoms with Crippen LogP contribution in [-0.2, 0) is 14.3 Å². The summed E-state index contributed by atoms with van der Waals surface area (Å²) in [5.41, 5.74) is -0.103. The molecule has 0 radical (unpaired) electrons. The maximum atomic E-state index is 12.5. The van der Waals surface area contributed by atoms with Crippen molar-refractivity contribution in [1.82, 2.24) is 0 Å². The normalized spacial score (nSPS) is 16.5. The third kappa shape index (κ3) is 3.06. The first-order chi connectivity index (χ1) is 10.5. The van der Waals surface area contributed by atoms with Gasteiger partial charge in [0.25, 0.3) is 5.91 Å². The van der Waals surface area contributed by atoms with Gasteiger partial charge in [0.05, 0.1) is 14.2 Å². The van der Waals surface area contributed by atoms with Gasteiger partial charge in [-0.25, -0.2) is 4.79 Å². The average Bonchev–Trinajstić information content (AvgIpc) is 3.38. The zero-order valence-corrected chi connectivity index (χ0v) is 13.3. The van der Waals surface area contributed by atoms with Crippen LogP contribution in [0.1, 0.15) is 30.1 Å². The number of benzene rings is 1. The monoisotopic (exact) mass is 307 g/mol. The van der Waals surface area contributed by atoms with Gasteiger partial charge in [-0.3, -0.25) is 4.79 Å². The van der Waals surface area contributed by atoms with E-state index in [2.05, 4.69) is 5.32 Å². The molecule has 6 heteroatoms. The Morgan fingerprint density at radius 1 is 1.23 bits per heavy atom. The molecule has 0 aromatic heterocycles. The lowest BCUT2D eigenvalue weighted by atomic mass is 9.99. The Hall–Kier alpha value is -2.08. The molecule has 0 aliphatic heterocycles. The van der Waals surface area contributed by atoms with E-state index in [1.807, 2.05) is 0 Å². The van der Waals surface area contributed by atoms with Crippen molar-refractivity contribution in [2.75, 3.05) is 26.6 Å². The number of nitrogens with one attached hydrogen (secondary N) is 1. The van der Waals surface area contributed by atoms with E-state index in [1.54, 1.807) is 19.1 Å². The van der Waals surface area contributed by atoms with Crippen molar-refractivity contribution in [3.05, 3.63) is 23.8 Å². The van der Waals surface area contributed by atoms with E-state index in [-0.39, 0.29) is 17.4 Å². The molecule has 1 atom stereocenters. The Balaban J connectivity index is 2.22. The molecule has 0 saturated heterocycles. The molecule has 1 aliphatic rings. The van der Waals surface area contributed by atoms with E-state index in [0.29, 0.717) is 11.4 Å². The first-order valence-electron chi connectivity index (χ1n) is 7.09. The Kier molecular flexibility index (Phi) is 4.71. The number of hydrogen-bond donors (Lipinski definition) is 1. The van der Waals surface area contributed by atoms with Gasteiger partial charge in [-0.05, 0) is 43.9 Å². The highest BCUT2D eigenvalue weighted by Crippen LogP contribution is 2.42. The van der Waals surface area contributed by atoms with Crippen molar-refractivity contribution in [3.8, 4) is 5.75 Å². The van der Waals surface area contributed by atoms with Crippen LogP contribution in [0, 0.1) is 5.92 Å². The van der Waals surface area contributed by atoms with E-state index in [9.17, 15) is 9.59 Å². The first-order valence-corrected chi connectivity index (χ1v) is 7.09. The number of hydrogen-bond acceptors (Lipinski definition) is 5. The molecule has 0 unspecified atom stereocenters. The number of anilines is 1. The topological polar surface area (TPSA) is 73.9 Å². The predicted molar refractivity (Wildman–Crippen MR) is 81.1 cm³/mol. The van der Waals surface area contributed by atoms with Crippen molar-refractivity contribution in [2.24, 2.45) is 5.92 Å². The third-order valence-corrected chi connectivity index (χ3v) is 4.09. The molecule has 6 nitrogen and oxygen atoms in total. The summed E-state index contributed by atoms with van der Waals surface area (Å²) in [4.78, 5) is 24.2. The molecule has 1 aromatic carbocycles. The third-order valence-electron chi connectivity index (χ3n) is 4.09. The van der Waals surface area contributed by atoms with Crippen LogP contribution in [0.2, 0.25) is 0 Å². The summed E-state index contributed by atoms with van der Waals surface area (Å²) in [6.45, 7) is 1.78. The fourth-order valence-corrected chi connectivity index (χ4v) is 2.39. The molecule has 2 rings (SSSR count). The molecule has 1 saturated carbocycles. The summed E-state index contributed by atoms with van der Waals surface area (Å²) in [5.74, 6) is -0.125. The predicted octanol–water partition coefficient (Wildman–Crippen LogP) is 2.24. The molecule has 22 heavy (non-hydrogen) atoms. The number of methoxy groups -OCH3 is 3. The summed E-state index contributed by atoms with van der Waals surface area (Å²) >= 11 is 0. The van der Waals surface area contributed by atoms with E-state index >= 15 is 0 Å². The lowest BCUT2D eigenvalue weighted by molar-refractivity contribution is -0.138. The molecule has 120 valence electrons. The zero-order chi connectivity index (χ0) is 16.3. The quantitative estimate of drug-likeness (QED) is 0.816. The van der Waals surface area contributed by atoms with Gasteiger partial charge in [-0.1, -0.05) is 0 Å². The number of esters is 1. The summed E-state index contributed by atoms with van der Waals surface area (Å²) in [6.07, 6.45) is 1.96. The molecule has 1 aliphatic carbocycles. The second kappa shape index (κ2) is 6.36. The maximum Gasteiger partial charge on any atom is 0.341 e. The SMILES string of the molecule is COC(=O)c1cc(NC(=O)[C@@](C)(OC)C2CC2)ccc1OC. The van der Waals surface area contributed by atoms with Crippen LogP contribution < -0.4 is 10.1 Å². The van der Waals surface area contributed by atoms with Gasteiger partial charge in [-0.2, -0.15) is 0 Å². The van der Waals surface area contributed by atoms with Crippen LogP contribution in [0.15, 0.2) is 18.2 Å². The van der Waals surface area contributed by atoms with Gasteiger partial charge >= 0.3 is 5.97 Å². The van der Waals surface area contributed by atoms with Crippen LogP contribution in [0.5, 0.6) is 5.75 Å². The van der Waals surface area contributed by atoms with Crippen LogP contribution in [0.25, 0.3) is 0 Å². The van der Waals surface area contributed by atoms with E-state index < -0.39 is 11.6 Å². The lowest BCUT2D eigenvalue weighted by Crippen LogP contribution is -2.44. The standard InChI is InChI=1S/C16H21NO5/c1-16(22-4,10-5-6-10)15(19)17-11-7-8-13(20-2)12(9-11)14(18)21-3/h7-10H,5-6H2,1-4H3,(H,17,19)/t16-/m0/s1. The van der Waals surface area contributed by atoms with Gasteiger partial charge in [0.15, 0.2) is 0 Å². The minimum Gasteiger partial charge on any atom is -0.496 e. The number of carbonyl (C=O) groups is 2. The highest BCUT2D eigenvalue weighted by Gasteiger charge is 2.47. The van der Waals surface area contributed by atoms with Gasteiger partial charge in [0.1, 0.15) is 16.9 Å². The average molecular weight is 307 g/mol. The fraction of sp³-hybridized carbons (Fsp3) is 0.500. The minimum atomic E-state index is -0.856. The van der Waals surface area contributed by atoms with Crippen molar-refractivity contribution in [3.63, 3.8) is 0 Å². The van der Waals surface area contributed by atoms with E-state index in [0.717, 1.165) is 12.8 Å². The Morgan fingerprint density at radius 3 is 2.41 bits per heavy atom. The van der Waals surface area contributed by atoms with Crippen molar-refractivity contribution in [1.29, 1.82) is 0 Å². The second-order valence-corrected chi connectivity index (χ2v) is 5.45. The Bertz CT molecular complexity index is 582. The number of amides is 1. The Labute approximate surface area is 129 Å². The van der Waals surface area contributed by atoms with Gasteiger partial charge in [-0.15, -0.1) is 0 Å². The highest BCUT2D eigenvalue weighted by atomic mass is 16.5. The largest absolute Gasteiger partial charge is 0.496 e. The van der Waals surface area contributed by atoms with Crippen molar-refractivity contribution >= 4 is 17.6 Å². The maximum absolute atomic E-state index is 12.5. The van der Waals surface area contributed by atoms with Crippen LogP contribution in [-0.4, -0.2) is 38.8 Å². The van der Waals surface area contributed by atoms with E-state index in [1.165, 1.54) is 27.4 Å². The van der Waals surface area contributed by atoms with Gasteiger partial charge in [0, 0.05) is 12.8 Å². The minimum absolute atomic E-state index is 0.224. The molecule has 1 aromatic rings. The van der Waals surface area contributed by atoms with Crippen molar-refractivity contribution < 1.29 is 23.8 Å². The van der Waals surface area contributed by atoms with Crippen molar-refractivity contribution in [2.45, 2.75) is 25.4 Å².